The molecule has 0 radical (unpaired) electrons. The molecule has 3 N–H and O–H groups in total. The molecule has 0 aliphatic rings. The molecule has 0 spiro atoms. The lowest BCUT2D eigenvalue weighted by atomic mass is 10.1. The Hall–Kier alpha value is -2.75. The number of nitrogens with two attached hydrogens (primary N) is 1. The van der Waals surface area contributed by atoms with E-state index in [0.29, 0.717) is 5.56 Å². The molecular weight excluding hydrogens is 408 g/mol. The summed E-state index contributed by atoms with van der Waals surface area (Å²) in [6.07, 6.45) is -1.22. The summed E-state index contributed by atoms with van der Waals surface area (Å²) in [6, 6.07) is 9.79. The van der Waals surface area contributed by atoms with Crippen LogP contribution in [-0.4, -0.2) is 32.2 Å². The lowest BCUT2D eigenvalue weighted by Gasteiger charge is -2.15. The van der Waals surface area contributed by atoms with E-state index in [4.69, 9.17) is 21.5 Å². The highest BCUT2D eigenvalue weighted by atomic mass is 35.5. The van der Waals surface area contributed by atoms with Gasteiger partial charge in [-0.2, -0.15) is 0 Å². The zero-order valence-electron chi connectivity index (χ0n) is 14.9. The summed E-state index contributed by atoms with van der Waals surface area (Å²) in [5, 5.41) is 7.42. The Bertz CT molecular complexity index is 1050. The van der Waals surface area contributed by atoms with Crippen molar-refractivity contribution in [3.63, 3.8) is 0 Å². The van der Waals surface area contributed by atoms with Gasteiger partial charge in [0.05, 0.1) is 16.3 Å². The van der Waals surface area contributed by atoms with Crippen molar-refractivity contribution in [1.29, 1.82) is 0 Å². The summed E-state index contributed by atoms with van der Waals surface area (Å²) in [7, 11) is -4.14. The predicted molar refractivity (Wildman–Crippen MR) is 103 cm³/mol. The minimum absolute atomic E-state index is 0.141. The van der Waals surface area contributed by atoms with E-state index in [1.165, 1.54) is 26.0 Å². The molecule has 2 aromatic carbocycles. The fraction of sp³-hybridized carbons (Fsp3) is 0.167. The normalized spacial score (nSPS) is 12.1. The summed E-state index contributed by atoms with van der Waals surface area (Å²) in [5.41, 5.74) is 0.452. The summed E-state index contributed by atoms with van der Waals surface area (Å²) in [6.45, 7) is 2.69. The monoisotopic (exact) mass is 424 g/mol. The molecule has 0 fully saturated rings. The van der Waals surface area contributed by atoms with E-state index >= 15 is 0 Å². The van der Waals surface area contributed by atoms with Crippen LogP contribution in [0.3, 0.4) is 0 Å². The number of ether oxygens (including phenoxy) is 1. The van der Waals surface area contributed by atoms with Crippen LogP contribution in [0.1, 0.15) is 34.6 Å². The van der Waals surface area contributed by atoms with Crippen LogP contribution < -0.4 is 10.5 Å². The number of Topliss-reactive ketones (excluding diaryl/α,β-unsaturated/α-hetero) is 1. The second-order valence-corrected chi connectivity index (χ2v) is 7.77. The number of carbonyl (C=O) groups is 3. The van der Waals surface area contributed by atoms with Gasteiger partial charge in [-0.1, -0.05) is 23.7 Å². The highest BCUT2D eigenvalue weighted by Crippen LogP contribution is 2.22. The minimum Gasteiger partial charge on any atom is -0.449 e. The second kappa shape index (κ2) is 8.51. The largest absolute Gasteiger partial charge is 0.449 e. The standard InChI is InChI=1S/C18H17ClN2O6S/c1-10(22)13-5-3-4-6-15(13)21-17(23)11(2)27-18(24)12-7-8-14(19)16(9-12)28(20,25)26/h3-9,11H,1-2H3,(H,21,23)(H2,20,25,26). The average molecular weight is 425 g/mol. The Morgan fingerprint density at radius 2 is 1.79 bits per heavy atom. The molecular formula is C18H17ClN2O6S. The van der Waals surface area contributed by atoms with Crippen LogP contribution in [0, 0.1) is 0 Å². The third-order valence-electron chi connectivity index (χ3n) is 3.69. The van der Waals surface area contributed by atoms with Crippen molar-refractivity contribution in [2.45, 2.75) is 24.8 Å². The van der Waals surface area contributed by atoms with Crippen LogP contribution in [0.25, 0.3) is 0 Å². The van der Waals surface area contributed by atoms with Crippen LogP contribution >= 0.6 is 11.6 Å². The number of primary sulfonamides is 1. The second-order valence-electron chi connectivity index (χ2n) is 5.83. The van der Waals surface area contributed by atoms with Gasteiger partial charge in [-0.05, 0) is 44.2 Å². The molecule has 0 aliphatic carbocycles. The van der Waals surface area contributed by atoms with Crippen molar-refractivity contribution < 1.29 is 27.5 Å². The Morgan fingerprint density at radius 3 is 2.39 bits per heavy atom. The summed E-state index contributed by atoms with van der Waals surface area (Å²) < 4.78 is 28.1. The molecule has 2 rings (SSSR count). The van der Waals surface area contributed by atoms with E-state index in [9.17, 15) is 22.8 Å². The van der Waals surface area contributed by atoms with Crippen LogP contribution in [0.15, 0.2) is 47.4 Å². The number of ketones is 1. The van der Waals surface area contributed by atoms with Gasteiger partial charge in [0.15, 0.2) is 11.9 Å². The van der Waals surface area contributed by atoms with E-state index < -0.39 is 32.9 Å². The molecule has 1 atom stereocenters. The smallest absolute Gasteiger partial charge is 0.338 e. The molecule has 0 aromatic heterocycles. The Labute approximate surface area is 166 Å². The maximum Gasteiger partial charge on any atom is 0.338 e. The van der Waals surface area contributed by atoms with E-state index in [1.807, 2.05) is 0 Å². The molecule has 0 saturated carbocycles. The third-order valence-corrected chi connectivity index (χ3v) is 5.08. The first kappa shape index (κ1) is 21.5. The molecule has 0 saturated heterocycles. The predicted octanol–water partition coefficient (Wildman–Crippen LogP) is 2.37. The lowest BCUT2D eigenvalue weighted by molar-refractivity contribution is -0.123. The van der Waals surface area contributed by atoms with E-state index in [0.717, 1.165) is 6.07 Å². The van der Waals surface area contributed by atoms with Crippen molar-refractivity contribution in [3.8, 4) is 0 Å². The molecule has 2 aromatic rings. The number of esters is 1. The SMILES string of the molecule is CC(=O)c1ccccc1NC(=O)C(C)OC(=O)c1ccc(Cl)c(S(N)(=O)=O)c1. The Balaban J connectivity index is 2.15. The molecule has 0 aliphatic heterocycles. The summed E-state index contributed by atoms with van der Waals surface area (Å²) >= 11 is 5.77. The van der Waals surface area contributed by atoms with Gasteiger partial charge in [-0.3, -0.25) is 9.59 Å². The van der Waals surface area contributed by atoms with Gasteiger partial charge in [0, 0.05) is 5.56 Å². The maximum absolute atomic E-state index is 12.3. The van der Waals surface area contributed by atoms with Gasteiger partial charge in [0.1, 0.15) is 4.90 Å². The molecule has 148 valence electrons. The van der Waals surface area contributed by atoms with Crippen molar-refractivity contribution in [2.24, 2.45) is 5.14 Å². The fourth-order valence-corrected chi connectivity index (χ4v) is 3.34. The Morgan fingerprint density at radius 1 is 1.14 bits per heavy atom. The number of halogens is 1. The van der Waals surface area contributed by atoms with Gasteiger partial charge in [-0.25, -0.2) is 18.4 Å². The number of benzene rings is 2. The molecule has 1 unspecified atom stereocenters. The van der Waals surface area contributed by atoms with Crippen molar-refractivity contribution in [1.82, 2.24) is 0 Å². The molecule has 28 heavy (non-hydrogen) atoms. The molecule has 1 amide bonds. The fourth-order valence-electron chi connectivity index (χ4n) is 2.26. The number of rotatable bonds is 6. The van der Waals surface area contributed by atoms with Crippen LogP contribution in [0.5, 0.6) is 0 Å². The van der Waals surface area contributed by atoms with E-state index in [1.54, 1.807) is 24.3 Å². The van der Waals surface area contributed by atoms with Gasteiger partial charge in [0.2, 0.25) is 10.0 Å². The molecule has 0 bridgehead atoms. The number of carbonyl (C=O) groups excluding carboxylic acids is 3. The maximum atomic E-state index is 12.3. The topological polar surface area (TPSA) is 133 Å². The quantitative estimate of drug-likeness (QED) is 0.540. The minimum atomic E-state index is -4.14. The number of hydrogen-bond acceptors (Lipinski definition) is 6. The molecule has 10 heteroatoms. The molecule has 0 heterocycles. The van der Waals surface area contributed by atoms with Crippen LogP contribution in [0.4, 0.5) is 5.69 Å². The number of nitrogens with one attached hydrogen (secondary N) is 1. The van der Waals surface area contributed by atoms with Gasteiger partial charge < -0.3 is 10.1 Å². The molecule has 8 nitrogen and oxygen atoms in total. The first-order valence-corrected chi connectivity index (χ1v) is 9.87. The zero-order chi connectivity index (χ0) is 21.1. The highest BCUT2D eigenvalue weighted by Gasteiger charge is 2.22. The Kier molecular flexibility index (Phi) is 6.55. The van der Waals surface area contributed by atoms with E-state index in [2.05, 4.69) is 5.32 Å². The first-order chi connectivity index (χ1) is 13.0. The number of para-hydroxylation sites is 1. The summed E-state index contributed by atoms with van der Waals surface area (Å²) in [4.78, 5) is 35.7. The van der Waals surface area contributed by atoms with Crippen molar-refractivity contribution in [3.05, 3.63) is 58.6 Å². The summed E-state index contributed by atoms with van der Waals surface area (Å²) in [5.74, 6) is -1.84. The third kappa shape index (κ3) is 5.16. The number of anilines is 1. The number of hydrogen-bond donors (Lipinski definition) is 2. The zero-order valence-corrected chi connectivity index (χ0v) is 16.5. The van der Waals surface area contributed by atoms with Gasteiger partial charge >= 0.3 is 5.97 Å². The van der Waals surface area contributed by atoms with Gasteiger partial charge in [0.25, 0.3) is 5.91 Å². The van der Waals surface area contributed by atoms with Gasteiger partial charge in [-0.15, -0.1) is 0 Å². The lowest BCUT2D eigenvalue weighted by Crippen LogP contribution is -2.30. The average Bonchev–Trinajstić information content (AvgIpc) is 2.61. The van der Waals surface area contributed by atoms with E-state index in [-0.39, 0.29) is 22.1 Å². The number of amides is 1. The van der Waals surface area contributed by atoms with Crippen molar-refractivity contribution >= 4 is 45.0 Å². The van der Waals surface area contributed by atoms with Crippen LogP contribution in [0.2, 0.25) is 5.02 Å². The van der Waals surface area contributed by atoms with Crippen molar-refractivity contribution in [2.75, 3.05) is 5.32 Å². The first-order valence-electron chi connectivity index (χ1n) is 7.95. The number of sulfonamides is 1. The van der Waals surface area contributed by atoms with Crippen LogP contribution in [-0.2, 0) is 19.6 Å². The highest BCUT2D eigenvalue weighted by molar-refractivity contribution is 7.89.